The minimum Gasteiger partial charge on any atom is -0.301 e. The van der Waals surface area contributed by atoms with Crippen molar-refractivity contribution in [1.29, 1.82) is 0 Å². The number of fused-ring (bicyclic) bond motifs is 1. The van der Waals surface area contributed by atoms with Crippen LogP contribution in [0.2, 0.25) is 5.02 Å². The van der Waals surface area contributed by atoms with Crippen molar-refractivity contribution in [3.63, 3.8) is 0 Å². The van der Waals surface area contributed by atoms with Crippen LogP contribution < -0.4 is 15.8 Å². The monoisotopic (exact) mass is 443 g/mol. The molecule has 152 valence electrons. The molecule has 2 aromatic rings. The quantitative estimate of drug-likeness (QED) is 0.714. The van der Waals surface area contributed by atoms with Crippen molar-refractivity contribution in [2.75, 3.05) is 17.2 Å². The van der Waals surface area contributed by atoms with Crippen LogP contribution in [0.15, 0.2) is 47.4 Å². The van der Waals surface area contributed by atoms with E-state index in [1.54, 1.807) is 0 Å². The molecule has 0 saturated carbocycles. The molecule has 1 aliphatic heterocycles. The number of carbonyl (C=O) groups excluding carboxylic acids is 3. The third kappa shape index (κ3) is 5.01. The zero-order valence-electron chi connectivity index (χ0n) is 14.5. The number of hydrogen-bond donors (Lipinski definition) is 2. The largest absolute Gasteiger partial charge is 0.416 e. The van der Waals surface area contributed by atoms with E-state index in [1.165, 1.54) is 30.3 Å². The van der Waals surface area contributed by atoms with Crippen LogP contribution in [-0.4, -0.2) is 30.0 Å². The van der Waals surface area contributed by atoms with Crippen LogP contribution in [0.25, 0.3) is 0 Å². The van der Waals surface area contributed by atoms with Gasteiger partial charge in [0, 0.05) is 15.5 Å². The smallest absolute Gasteiger partial charge is 0.301 e. The molecule has 1 heterocycles. The molecule has 0 spiro atoms. The number of anilines is 1. The first kappa shape index (κ1) is 21.0. The third-order valence-electron chi connectivity index (χ3n) is 3.95. The molecule has 0 unspecified atom stereocenters. The first-order valence-electron chi connectivity index (χ1n) is 8.14. The van der Waals surface area contributed by atoms with Gasteiger partial charge in [0.2, 0.25) is 5.91 Å². The van der Waals surface area contributed by atoms with Crippen LogP contribution >= 0.6 is 23.4 Å². The maximum absolute atomic E-state index is 13.0. The SMILES string of the molecule is O=C(CN1C(=O)CSc2ccc(C(F)(F)F)cc21)NNC(=O)c1ccc(Cl)cc1. The van der Waals surface area contributed by atoms with Gasteiger partial charge in [-0.2, -0.15) is 13.2 Å². The van der Waals surface area contributed by atoms with Crippen molar-refractivity contribution in [2.45, 2.75) is 11.1 Å². The molecule has 3 rings (SSSR count). The van der Waals surface area contributed by atoms with Gasteiger partial charge >= 0.3 is 6.18 Å². The van der Waals surface area contributed by atoms with Gasteiger partial charge in [0.25, 0.3) is 11.8 Å². The van der Waals surface area contributed by atoms with Crippen molar-refractivity contribution in [3.05, 3.63) is 58.6 Å². The standard InChI is InChI=1S/C18H13ClF3N3O3S/c19-12-4-1-10(2-5-12)17(28)24-23-15(26)8-25-13-7-11(18(20,21)22)3-6-14(13)29-9-16(25)27/h1-7H,8-9H2,(H,23,26)(H,24,28). The zero-order chi connectivity index (χ0) is 21.2. The number of alkyl halides is 3. The van der Waals surface area contributed by atoms with E-state index in [2.05, 4.69) is 10.9 Å². The highest BCUT2D eigenvalue weighted by atomic mass is 35.5. The molecule has 29 heavy (non-hydrogen) atoms. The fourth-order valence-corrected chi connectivity index (χ4v) is 3.58. The minimum absolute atomic E-state index is 0.000234. The Labute approximate surface area is 172 Å². The molecule has 0 aromatic heterocycles. The Kier molecular flexibility index (Phi) is 6.04. The third-order valence-corrected chi connectivity index (χ3v) is 5.25. The molecule has 0 fully saturated rings. The summed E-state index contributed by atoms with van der Waals surface area (Å²) in [6, 6.07) is 8.91. The molecule has 2 aromatic carbocycles. The fourth-order valence-electron chi connectivity index (χ4n) is 2.53. The Morgan fingerprint density at radius 1 is 1.10 bits per heavy atom. The Balaban J connectivity index is 1.69. The minimum atomic E-state index is -4.58. The molecule has 11 heteroatoms. The number of hydrazine groups is 1. The Hall–Kier alpha value is -2.72. The van der Waals surface area contributed by atoms with Gasteiger partial charge in [-0.3, -0.25) is 25.2 Å². The molecular formula is C18H13ClF3N3O3S. The van der Waals surface area contributed by atoms with Crippen molar-refractivity contribution in [2.24, 2.45) is 0 Å². The van der Waals surface area contributed by atoms with Gasteiger partial charge in [-0.15, -0.1) is 11.8 Å². The van der Waals surface area contributed by atoms with Crippen LogP contribution in [0.5, 0.6) is 0 Å². The van der Waals surface area contributed by atoms with Gasteiger partial charge in [-0.25, -0.2) is 0 Å². The average molecular weight is 444 g/mol. The predicted molar refractivity (Wildman–Crippen MR) is 102 cm³/mol. The second-order valence-electron chi connectivity index (χ2n) is 5.96. The summed E-state index contributed by atoms with van der Waals surface area (Å²) >= 11 is 6.83. The fraction of sp³-hybridized carbons (Fsp3) is 0.167. The van der Waals surface area contributed by atoms with E-state index in [0.717, 1.165) is 28.8 Å². The lowest BCUT2D eigenvalue weighted by Gasteiger charge is -2.29. The summed E-state index contributed by atoms with van der Waals surface area (Å²) in [6.07, 6.45) is -4.58. The predicted octanol–water partition coefficient (Wildman–Crippen LogP) is 3.26. The number of nitrogens with zero attached hydrogens (tertiary/aromatic N) is 1. The number of hydrogen-bond acceptors (Lipinski definition) is 4. The van der Waals surface area contributed by atoms with Crippen LogP contribution in [0.1, 0.15) is 15.9 Å². The van der Waals surface area contributed by atoms with Gasteiger partial charge in [-0.05, 0) is 42.5 Å². The average Bonchev–Trinajstić information content (AvgIpc) is 2.67. The van der Waals surface area contributed by atoms with Crippen molar-refractivity contribution in [3.8, 4) is 0 Å². The lowest BCUT2D eigenvalue weighted by atomic mass is 10.1. The Morgan fingerprint density at radius 2 is 1.79 bits per heavy atom. The highest BCUT2D eigenvalue weighted by Crippen LogP contribution is 2.39. The summed E-state index contributed by atoms with van der Waals surface area (Å²) in [5.41, 5.74) is 3.64. The molecule has 0 saturated heterocycles. The van der Waals surface area contributed by atoms with Gasteiger partial charge in [0.05, 0.1) is 17.0 Å². The summed E-state index contributed by atoms with van der Waals surface area (Å²) in [7, 11) is 0. The van der Waals surface area contributed by atoms with Crippen LogP contribution in [0.3, 0.4) is 0 Å². The number of thioether (sulfide) groups is 1. The Morgan fingerprint density at radius 3 is 2.45 bits per heavy atom. The highest BCUT2D eigenvalue weighted by molar-refractivity contribution is 8.00. The zero-order valence-corrected chi connectivity index (χ0v) is 16.1. The van der Waals surface area contributed by atoms with E-state index in [-0.39, 0.29) is 17.0 Å². The molecule has 0 bridgehead atoms. The van der Waals surface area contributed by atoms with Crippen molar-refractivity contribution in [1.82, 2.24) is 10.9 Å². The van der Waals surface area contributed by atoms with E-state index < -0.39 is 36.0 Å². The van der Waals surface area contributed by atoms with Crippen molar-refractivity contribution >= 4 is 46.8 Å². The lowest BCUT2D eigenvalue weighted by Crippen LogP contribution is -2.49. The van der Waals surface area contributed by atoms with E-state index in [4.69, 9.17) is 11.6 Å². The molecule has 6 nitrogen and oxygen atoms in total. The summed E-state index contributed by atoms with van der Waals surface area (Å²) in [5.74, 6) is -1.91. The first-order valence-corrected chi connectivity index (χ1v) is 9.50. The van der Waals surface area contributed by atoms with E-state index >= 15 is 0 Å². The molecule has 2 N–H and O–H groups in total. The van der Waals surface area contributed by atoms with Gasteiger partial charge in [-0.1, -0.05) is 11.6 Å². The molecular weight excluding hydrogens is 431 g/mol. The van der Waals surface area contributed by atoms with E-state index in [9.17, 15) is 27.6 Å². The number of rotatable bonds is 3. The lowest BCUT2D eigenvalue weighted by molar-refractivity contribution is -0.137. The maximum atomic E-state index is 13.0. The number of halogens is 4. The highest BCUT2D eigenvalue weighted by Gasteiger charge is 2.34. The van der Waals surface area contributed by atoms with Gasteiger partial charge in [0.1, 0.15) is 6.54 Å². The molecule has 1 aliphatic rings. The van der Waals surface area contributed by atoms with Crippen LogP contribution in [0.4, 0.5) is 18.9 Å². The van der Waals surface area contributed by atoms with Gasteiger partial charge < -0.3 is 4.90 Å². The second kappa shape index (κ2) is 8.34. The summed E-state index contributed by atoms with van der Waals surface area (Å²) < 4.78 is 39.0. The maximum Gasteiger partial charge on any atom is 0.416 e. The summed E-state index contributed by atoms with van der Waals surface area (Å²) in [5, 5.41) is 0.434. The summed E-state index contributed by atoms with van der Waals surface area (Å²) in [4.78, 5) is 37.8. The first-order chi connectivity index (χ1) is 13.6. The molecule has 0 radical (unpaired) electrons. The van der Waals surface area contributed by atoms with Crippen molar-refractivity contribution < 1.29 is 27.6 Å². The van der Waals surface area contributed by atoms with Crippen LogP contribution in [0, 0.1) is 0 Å². The molecule has 0 atom stereocenters. The molecule has 0 aliphatic carbocycles. The number of benzene rings is 2. The topological polar surface area (TPSA) is 78.5 Å². The van der Waals surface area contributed by atoms with E-state index in [1.807, 2.05) is 0 Å². The normalized spacial score (nSPS) is 13.7. The van der Waals surface area contributed by atoms with E-state index in [0.29, 0.717) is 9.92 Å². The van der Waals surface area contributed by atoms with Crippen LogP contribution in [-0.2, 0) is 15.8 Å². The molecule has 3 amide bonds. The Bertz CT molecular complexity index is 967. The number of carbonyl (C=O) groups is 3. The van der Waals surface area contributed by atoms with Gasteiger partial charge in [0.15, 0.2) is 0 Å². The number of amides is 3. The summed E-state index contributed by atoms with van der Waals surface area (Å²) in [6.45, 7) is -0.547. The number of nitrogens with one attached hydrogen (secondary N) is 2. The second-order valence-corrected chi connectivity index (χ2v) is 7.41.